The molecular formula is C8H15F3O2. The molecule has 0 aromatic rings. The first kappa shape index (κ1) is 12.7. The molecule has 80 valence electrons. The highest BCUT2D eigenvalue weighted by Crippen LogP contribution is 2.26. The summed E-state index contributed by atoms with van der Waals surface area (Å²) in [6.07, 6.45) is -6.08. The number of hydrogen-bond acceptors (Lipinski definition) is 2. The van der Waals surface area contributed by atoms with Gasteiger partial charge in [-0.25, -0.2) is 0 Å². The monoisotopic (exact) mass is 200 g/mol. The molecule has 0 unspecified atom stereocenters. The Morgan fingerprint density at radius 2 is 1.85 bits per heavy atom. The van der Waals surface area contributed by atoms with E-state index in [1.165, 1.54) is 0 Å². The second kappa shape index (κ2) is 5.44. The molecule has 2 atom stereocenters. The molecule has 13 heavy (non-hydrogen) atoms. The second-order valence-corrected chi connectivity index (χ2v) is 3.13. The van der Waals surface area contributed by atoms with Gasteiger partial charge in [0.2, 0.25) is 0 Å². The SMILES string of the molecule is CCC[C@H](CO)C[C@H](O)C(F)(F)F. The normalized spacial score (nSPS) is 17.1. The van der Waals surface area contributed by atoms with Crippen molar-refractivity contribution < 1.29 is 23.4 Å². The van der Waals surface area contributed by atoms with Crippen molar-refractivity contribution in [2.75, 3.05) is 6.61 Å². The van der Waals surface area contributed by atoms with Crippen LogP contribution in [0.5, 0.6) is 0 Å². The van der Waals surface area contributed by atoms with Crippen LogP contribution in [0.1, 0.15) is 26.2 Å². The van der Waals surface area contributed by atoms with E-state index in [-0.39, 0.29) is 6.61 Å². The van der Waals surface area contributed by atoms with Crippen LogP contribution in [0, 0.1) is 5.92 Å². The minimum Gasteiger partial charge on any atom is -0.396 e. The summed E-state index contributed by atoms with van der Waals surface area (Å²) in [6, 6.07) is 0. The summed E-state index contributed by atoms with van der Waals surface area (Å²) in [7, 11) is 0. The van der Waals surface area contributed by atoms with Crippen molar-refractivity contribution in [3.63, 3.8) is 0 Å². The zero-order chi connectivity index (χ0) is 10.5. The molecule has 0 spiro atoms. The molecule has 2 nitrogen and oxygen atoms in total. The van der Waals surface area contributed by atoms with Gasteiger partial charge in [0.25, 0.3) is 0 Å². The van der Waals surface area contributed by atoms with Gasteiger partial charge in [0.15, 0.2) is 0 Å². The number of hydrogen-bond donors (Lipinski definition) is 2. The number of aliphatic hydroxyl groups excluding tert-OH is 2. The van der Waals surface area contributed by atoms with Gasteiger partial charge in [-0.2, -0.15) is 13.2 Å². The Morgan fingerprint density at radius 1 is 1.31 bits per heavy atom. The average Bonchev–Trinajstić information content (AvgIpc) is 2.01. The van der Waals surface area contributed by atoms with Crippen LogP contribution >= 0.6 is 0 Å². The Labute approximate surface area is 75.4 Å². The molecule has 0 aliphatic heterocycles. The zero-order valence-electron chi connectivity index (χ0n) is 7.51. The van der Waals surface area contributed by atoms with Crippen LogP contribution in [0.4, 0.5) is 13.2 Å². The highest BCUT2D eigenvalue weighted by atomic mass is 19.4. The van der Waals surface area contributed by atoms with Gasteiger partial charge in [0.05, 0.1) is 0 Å². The van der Waals surface area contributed by atoms with E-state index in [2.05, 4.69) is 0 Å². The summed E-state index contributed by atoms with van der Waals surface area (Å²) in [5, 5.41) is 17.4. The third kappa shape index (κ3) is 5.10. The zero-order valence-corrected chi connectivity index (χ0v) is 7.51. The minimum absolute atomic E-state index is 0.305. The molecule has 0 heterocycles. The summed E-state index contributed by atoms with van der Waals surface area (Å²) in [5.74, 6) is -0.457. The van der Waals surface area contributed by atoms with Crippen molar-refractivity contribution in [3.05, 3.63) is 0 Å². The predicted octanol–water partition coefficient (Wildman–Crippen LogP) is 1.71. The number of halogens is 3. The summed E-state index contributed by atoms with van der Waals surface area (Å²) in [5.41, 5.74) is 0. The maximum atomic E-state index is 11.9. The largest absolute Gasteiger partial charge is 0.414 e. The highest BCUT2D eigenvalue weighted by Gasteiger charge is 2.39. The number of alkyl halides is 3. The van der Waals surface area contributed by atoms with Crippen LogP contribution in [0.15, 0.2) is 0 Å². The fourth-order valence-corrected chi connectivity index (χ4v) is 1.14. The van der Waals surface area contributed by atoms with E-state index in [0.717, 1.165) is 0 Å². The standard InChI is InChI=1S/C8H15F3O2/c1-2-3-6(5-12)4-7(13)8(9,10)11/h6-7,12-13H,2-5H2,1H3/t6-,7-/m0/s1. The highest BCUT2D eigenvalue weighted by molar-refractivity contribution is 4.70. The van der Waals surface area contributed by atoms with Gasteiger partial charge in [-0.05, 0) is 18.8 Å². The minimum atomic E-state index is -4.57. The molecule has 0 amide bonds. The number of rotatable bonds is 5. The lowest BCUT2D eigenvalue weighted by Crippen LogP contribution is -2.31. The van der Waals surface area contributed by atoms with E-state index in [0.29, 0.717) is 12.8 Å². The molecule has 0 aliphatic carbocycles. The van der Waals surface area contributed by atoms with Crippen LogP contribution in [-0.4, -0.2) is 29.1 Å². The van der Waals surface area contributed by atoms with Crippen molar-refractivity contribution in [2.24, 2.45) is 5.92 Å². The first-order chi connectivity index (χ1) is 5.91. The van der Waals surface area contributed by atoms with Crippen molar-refractivity contribution in [3.8, 4) is 0 Å². The Balaban J connectivity index is 3.93. The van der Waals surface area contributed by atoms with Crippen molar-refractivity contribution in [2.45, 2.75) is 38.5 Å². The van der Waals surface area contributed by atoms with Gasteiger partial charge in [0.1, 0.15) is 6.10 Å². The molecule has 0 bridgehead atoms. The molecule has 0 aliphatic rings. The second-order valence-electron chi connectivity index (χ2n) is 3.13. The lowest BCUT2D eigenvalue weighted by molar-refractivity contribution is -0.209. The summed E-state index contributed by atoms with van der Waals surface area (Å²) in [6.45, 7) is 1.52. The Bertz CT molecular complexity index is 136. The van der Waals surface area contributed by atoms with Crippen molar-refractivity contribution >= 4 is 0 Å². The smallest absolute Gasteiger partial charge is 0.396 e. The summed E-state index contributed by atoms with van der Waals surface area (Å²) < 4.78 is 35.6. The lowest BCUT2D eigenvalue weighted by atomic mass is 9.97. The van der Waals surface area contributed by atoms with Gasteiger partial charge in [-0.15, -0.1) is 0 Å². The van der Waals surface area contributed by atoms with Crippen molar-refractivity contribution in [1.29, 1.82) is 0 Å². The summed E-state index contributed by atoms with van der Waals surface area (Å²) >= 11 is 0. The van der Waals surface area contributed by atoms with Gasteiger partial charge in [-0.1, -0.05) is 13.3 Å². The Morgan fingerprint density at radius 3 is 2.15 bits per heavy atom. The molecule has 0 saturated heterocycles. The predicted molar refractivity (Wildman–Crippen MR) is 42.2 cm³/mol. The molecule has 0 saturated carbocycles. The summed E-state index contributed by atoms with van der Waals surface area (Å²) in [4.78, 5) is 0. The molecule has 0 fully saturated rings. The molecule has 0 aromatic heterocycles. The molecule has 5 heteroatoms. The van der Waals surface area contributed by atoms with E-state index in [1.807, 2.05) is 6.92 Å². The topological polar surface area (TPSA) is 40.5 Å². The fraction of sp³-hybridized carbons (Fsp3) is 1.00. The average molecular weight is 200 g/mol. The fourth-order valence-electron chi connectivity index (χ4n) is 1.14. The molecule has 0 radical (unpaired) electrons. The van der Waals surface area contributed by atoms with Gasteiger partial charge >= 0.3 is 6.18 Å². The van der Waals surface area contributed by atoms with Crippen molar-refractivity contribution in [1.82, 2.24) is 0 Å². The van der Waals surface area contributed by atoms with E-state index in [1.54, 1.807) is 0 Å². The first-order valence-electron chi connectivity index (χ1n) is 4.27. The van der Waals surface area contributed by atoms with Crippen LogP contribution in [0.2, 0.25) is 0 Å². The molecule has 0 aromatic carbocycles. The van der Waals surface area contributed by atoms with Crippen LogP contribution < -0.4 is 0 Å². The Hall–Kier alpha value is -0.290. The first-order valence-corrected chi connectivity index (χ1v) is 4.27. The Kier molecular flexibility index (Phi) is 5.32. The lowest BCUT2D eigenvalue weighted by Gasteiger charge is -2.19. The third-order valence-electron chi connectivity index (χ3n) is 1.89. The van der Waals surface area contributed by atoms with Gasteiger partial charge < -0.3 is 10.2 Å². The number of aliphatic hydroxyl groups is 2. The van der Waals surface area contributed by atoms with E-state index in [4.69, 9.17) is 10.2 Å². The molecule has 0 rings (SSSR count). The van der Waals surface area contributed by atoms with Gasteiger partial charge in [0, 0.05) is 6.61 Å². The quantitative estimate of drug-likeness (QED) is 0.709. The van der Waals surface area contributed by atoms with Crippen LogP contribution in [-0.2, 0) is 0 Å². The van der Waals surface area contributed by atoms with E-state index >= 15 is 0 Å². The molecule has 2 N–H and O–H groups in total. The maximum Gasteiger partial charge on any atom is 0.414 e. The molecular weight excluding hydrogens is 185 g/mol. The van der Waals surface area contributed by atoms with Crippen LogP contribution in [0.3, 0.4) is 0 Å². The van der Waals surface area contributed by atoms with E-state index < -0.39 is 24.6 Å². The third-order valence-corrected chi connectivity index (χ3v) is 1.89. The van der Waals surface area contributed by atoms with E-state index in [9.17, 15) is 13.2 Å². The van der Waals surface area contributed by atoms with Crippen LogP contribution in [0.25, 0.3) is 0 Å². The van der Waals surface area contributed by atoms with Gasteiger partial charge in [-0.3, -0.25) is 0 Å². The maximum absolute atomic E-state index is 11.9.